The summed E-state index contributed by atoms with van der Waals surface area (Å²) in [6, 6.07) is 7.71. The molecular formula is C15H25NO4. The summed E-state index contributed by atoms with van der Waals surface area (Å²) in [5, 5.41) is 0. The van der Waals surface area contributed by atoms with Crippen molar-refractivity contribution in [2.24, 2.45) is 0 Å². The van der Waals surface area contributed by atoms with Gasteiger partial charge in [-0.1, -0.05) is 12.1 Å². The summed E-state index contributed by atoms with van der Waals surface area (Å²) in [4.78, 5) is 0. The maximum absolute atomic E-state index is 5.69. The molecule has 0 aliphatic rings. The number of nitrogen functional groups attached to an aromatic ring is 1. The van der Waals surface area contributed by atoms with Crippen molar-refractivity contribution in [1.82, 2.24) is 0 Å². The second-order valence-electron chi connectivity index (χ2n) is 4.40. The standard InChI is InChI=1S/C15H25NO4/c1-13(14-3-5-15(16)6-4-14)20-12-11-19-10-9-18-8-7-17-2/h3-6,13H,7-12,16H2,1-2H3. The second kappa shape index (κ2) is 10.6. The summed E-state index contributed by atoms with van der Waals surface area (Å²) < 4.78 is 21.2. The quantitative estimate of drug-likeness (QED) is 0.497. The average Bonchev–Trinajstić information content (AvgIpc) is 2.46. The van der Waals surface area contributed by atoms with Crippen molar-refractivity contribution < 1.29 is 18.9 Å². The Labute approximate surface area is 121 Å². The molecule has 5 heteroatoms. The Morgan fingerprint density at radius 1 is 0.900 bits per heavy atom. The molecule has 0 amide bonds. The van der Waals surface area contributed by atoms with E-state index in [0.29, 0.717) is 39.6 Å². The Hall–Kier alpha value is -1.14. The predicted molar refractivity (Wildman–Crippen MR) is 78.7 cm³/mol. The van der Waals surface area contributed by atoms with Gasteiger partial charge in [-0.25, -0.2) is 0 Å². The van der Waals surface area contributed by atoms with Gasteiger partial charge in [0, 0.05) is 12.8 Å². The monoisotopic (exact) mass is 283 g/mol. The highest BCUT2D eigenvalue weighted by atomic mass is 16.6. The zero-order valence-electron chi connectivity index (χ0n) is 12.3. The number of ether oxygens (including phenoxy) is 4. The maximum Gasteiger partial charge on any atom is 0.0798 e. The van der Waals surface area contributed by atoms with Crippen LogP contribution in [-0.4, -0.2) is 46.8 Å². The summed E-state index contributed by atoms with van der Waals surface area (Å²) in [6.45, 7) is 5.50. The molecule has 0 fully saturated rings. The van der Waals surface area contributed by atoms with Crippen LogP contribution in [0, 0.1) is 0 Å². The van der Waals surface area contributed by atoms with Crippen LogP contribution in [0.25, 0.3) is 0 Å². The first-order chi connectivity index (χ1) is 9.74. The molecule has 0 saturated carbocycles. The molecule has 1 unspecified atom stereocenters. The van der Waals surface area contributed by atoms with E-state index in [2.05, 4.69) is 0 Å². The van der Waals surface area contributed by atoms with Crippen molar-refractivity contribution in [2.75, 3.05) is 52.5 Å². The van der Waals surface area contributed by atoms with Crippen molar-refractivity contribution in [3.8, 4) is 0 Å². The Balaban J connectivity index is 1.99. The van der Waals surface area contributed by atoms with Crippen LogP contribution in [0.1, 0.15) is 18.6 Å². The minimum Gasteiger partial charge on any atom is -0.399 e. The summed E-state index contributed by atoms with van der Waals surface area (Å²) in [5.74, 6) is 0. The Morgan fingerprint density at radius 2 is 1.45 bits per heavy atom. The Bertz CT molecular complexity index is 342. The van der Waals surface area contributed by atoms with Gasteiger partial charge < -0.3 is 24.7 Å². The third kappa shape index (κ3) is 7.45. The molecule has 0 bridgehead atoms. The van der Waals surface area contributed by atoms with Crippen LogP contribution >= 0.6 is 0 Å². The number of anilines is 1. The number of benzene rings is 1. The van der Waals surface area contributed by atoms with Crippen LogP contribution in [-0.2, 0) is 18.9 Å². The lowest BCUT2D eigenvalue weighted by atomic mass is 10.1. The van der Waals surface area contributed by atoms with Crippen LogP contribution in [0.2, 0.25) is 0 Å². The molecule has 1 rings (SSSR count). The number of rotatable bonds is 11. The summed E-state index contributed by atoms with van der Waals surface area (Å²) in [5.41, 5.74) is 7.52. The number of nitrogens with two attached hydrogens (primary N) is 1. The van der Waals surface area contributed by atoms with E-state index in [1.54, 1.807) is 7.11 Å². The minimum atomic E-state index is 0.0390. The molecule has 1 aromatic carbocycles. The van der Waals surface area contributed by atoms with Crippen molar-refractivity contribution in [3.05, 3.63) is 29.8 Å². The van der Waals surface area contributed by atoms with Crippen molar-refractivity contribution >= 4 is 5.69 Å². The van der Waals surface area contributed by atoms with Crippen molar-refractivity contribution in [1.29, 1.82) is 0 Å². The highest BCUT2D eigenvalue weighted by Gasteiger charge is 2.04. The zero-order valence-corrected chi connectivity index (χ0v) is 12.3. The first-order valence-electron chi connectivity index (χ1n) is 6.85. The van der Waals surface area contributed by atoms with Gasteiger partial charge >= 0.3 is 0 Å². The fourth-order valence-corrected chi connectivity index (χ4v) is 1.61. The van der Waals surface area contributed by atoms with Gasteiger partial charge in [-0.2, -0.15) is 0 Å². The normalized spacial score (nSPS) is 12.5. The number of hydrogen-bond acceptors (Lipinski definition) is 5. The van der Waals surface area contributed by atoms with Gasteiger partial charge in [0.15, 0.2) is 0 Å². The van der Waals surface area contributed by atoms with E-state index in [4.69, 9.17) is 24.7 Å². The largest absolute Gasteiger partial charge is 0.399 e. The molecular weight excluding hydrogens is 258 g/mol. The molecule has 0 saturated heterocycles. The van der Waals surface area contributed by atoms with Gasteiger partial charge in [-0.3, -0.25) is 0 Å². The smallest absolute Gasteiger partial charge is 0.0798 e. The van der Waals surface area contributed by atoms with E-state index >= 15 is 0 Å². The van der Waals surface area contributed by atoms with E-state index in [0.717, 1.165) is 11.3 Å². The molecule has 0 aliphatic carbocycles. The number of hydrogen-bond donors (Lipinski definition) is 1. The van der Waals surface area contributed by atoms with Gasteiger partial charge in [0.2, 0.25) is 0 Å². The van der Waals surface area contributed by atoms with Gasteiger partial charge in [-0.05, 0) is 24.6 Å². The predicted octanol–water partition coefficient (Wildman–Crippen LogP) is 2.03. The van der Waals surface area contributed by atoms with Gasteiger partial charge in [0.25, 0.3) is 0 Å². The molecule has 0 radical (unpaired) electrons. The molecule has 0 aliphatic heterocycles. The maximum atomic E-state index is 5.69. The van der Waals surface area contributed by atoms with Crippen LogP contribution in [0.5, 0.6) is 0 Å². The van der Waals surface area contributed by atoms with E-state index in [-0.39, 0.29) is 6.10 Å². The summed E-state index contributed by atoms with van der Waals surface area (Å²) in [6.07, 6.45) is 0.0390. The molecule has 5 nitrogen and oxygen atoms in total. The highest BCUT2D eigenvalue weighted by Crippen LogP contribution is 2.17. The van der Waals surface area contributed by atoms with Crippen LogP contribution in [0.3, 0.4) is 0 Å². The Morgan fingerprint density at radius 3 is 2.05 bits per heavy atom. The summed E-state index contributed by atoms with van der Waals surface area (Å²) >= 11 is 0. The van der Waals surface area contributed by atoms with Gasteiger partial charge in [-0.15, -0.1) is 0 Å². The van der Waals surface area contributed by atoms with E-state index < -0.39 is 0 Å². The zero-order chi connectivity index (χ0) is 14.6. The molecule has 2 N–H and O–H groups in total. The van der Waals surface area contributed by atoms with Crippen molar-refractivity contribution in [2.45, 2.75) is 13.0 Å². The van der Waals surface area contributed by atoms with Crippen molar-refractivity contribution in [3.63, 3.8) is 0 Å². The molecule has 0 spiro atoms. The molecule has 20 heavy (non-hydrogen) atoms. The van der Waals surface area contributed by atoms with Crippen LogP contribution in [0.4, 0.5) is 5.69 Å². The van der Waals surface area contributed by atoms with Crippen LogP contribution in [0.15, 0.2) is 24.3 Å². The lowest BCUT2D eigenvalue weighted by Crippen LogP contribution is -2.12. The molecule has 1 aromatic rings. The van der Waals surface area contributed by atoms with E-state index in [1.165, 1.54) is 0 Å². The first-order valence-corrected chi connectivity index (χ1v) is 6.85. The second-order valence-corrected chi connectivity index (χ2v) is 4.40. The fraction of sp³-hybridized carbons (Fsp3) is 0.600. The lowest BCUT2D eigenvalue weighted by Gasteiger charge is -2.13. The Kier molecular flexibility index (Phi) is 8.98. The minimum absolute atomic E-state index is 0.0390. The SMILES string of the molecule is COCCOCCOCCOC(C)c1ccc(N)cc1. The molecule has 0 aromatic heterocycles. The third-order valence-electron chi connectivity index (χ3n) is 2.81. The number of methoxy groups -OCH3 is 1. The van der Waals surface area contributed by atoms with E-state index in [1.807, 2.05) is 31.2 Å². The highest BCUT2D eigenvalue weighted by molar-refractivity contribution is 5.39. The first kappa shape index (κ1) is 16.9. The lowest BCUT2D eigenvalue weighted by molar-refractivity contribution is -0.0125. The van der Waals surface area contributed by atoms with Crippen LogP contribution < -0.4 is 5.73 Å². The molecule has 1 atom stereocenters. The molecule has 114 valence electrons. The van der Waals surface area contributed by atoms with E-state index in [9.17, 15) is 0 Å². The fourth-order valence-electron chi connectivity index (χ4n) is 1.61. The third-order valence-corrected chi connectivity index (χ3v) is 2.81. The molecule has 0 heterocycles. The van der Waals surface area contributed by atoms with Gasteiger partial charge in [0.1, 0.15) is 0 Å². The van der Waals surface area contributed by atoms with Gasteiger partial charge in [0.05, 0.1) is 45.7 Å². The topological polar surface area (TPSA) is 62.9 Å². The average molecular weight is 283 g/mol. The summed E-state index contributed by atoms with van der Waals surface area (Å²) in [7, 11) is 1.65.